The van der Waals surface area contributed by atoms with Crippen molar-refractivity contribution in [3.63, 3.8) is 0 Å². The summed E-state index contributed by atoms with van der Waals surface area (Å²) in [4.78, 5) is 12.2. The van der Waals surface area contributed by atoms with Gasteiger partial charge in [0.15, 0.2) is 5.54 Å². The second-order valence-electron chi connectivity index (χ2n) is 4.76. The molecule has 2 aromatic carbocycles. The van der Waals surface area contributed by atoms with Crippen LogP contribution in [0.25, 0.3) is 0 Å². The number of carbonyl (C=O) groups is 1. The SMILES string of the molecule is COC(=O)C(C)(Nc1ccc(Cl)cc1)c1ccc(F)cc1. The first kappa shape index (κ1) is 15.3. The molecule has 0 radical (unpaired) electrons. The Labute approximate surface area is 127 Å². The van der Waals surface area contributed by atoms with Crippen LogP contribution in [0.4, 0.5) is 10.1 Å². The van der Waals surface area contributed by atoms with Gasteiger partial charge in [-0.2, -0.15) is 0 Å². The van der Waals surface area contributed by atoms with Gasteiger partial charge < -0.3 is 10.1 Å². The van der Waals surface area contributed by atoms with Crippen LogP contribution in [0.1, 0.15) is 12.5 Å². The molecule has 5 heteroatoms. The summed E-state index contributed by atoms with van der Waals surface area (Å²) in [6.07, 6.45) is 0. The van der Waals surface area contributed by atoms with Crippen LogP contribution in [-0.4, -0.2) is 13.1 Å². The van der Waals surface area contributed by atoms with Gasteiger partial charge in [0.05, 0.1) is 7.11 Å². The molecule has 0 bridgehead atoms. The van der Waals surface area contributed by atoms with E-state index in [2.05, 4.69) is 5.32 Å². The molecule has 2 aromatic rings. The van der Waals surface area contributed by atoms with Gasteiger partial charge in [-0.05, 0) is 48.9 Å². The highest BCUT2D eigenvalue weighted by Crippen LogP contribution is 2.28. The van der Waals surface area contributed by atoms with Crippen LogP contribution >= 0.6 is 11.6 Å². The molecule has 0 aliphatic carbocycles. The zero-order valence-corrected chi connectivity index (χ0v) is 12.4. The largest absolute Gasteiger partial charge is 0.467 e. The fraction of sp³-hybridized carbons (Fsp3) is 0.188. The summed E-state index contributed by atoms with van der Waals surface area (Å²) in [6.45, 7) is 1.68. The maximum atomic E-state index is 13.1. The van der Waals surface area contributed by atoms with Gasteiger partial charge in [-0.3, -0.25) is 0 Å². The number of methoxy groups -OCH3 is 1. The van der Waals surface area contributed by atoms with Gasteiger partial charge in [-0.15, -0.1) is 0 Å². The molecule has 0 saturated heterocycles. The Morgan fingerprint density at radius 2 is 1.71 bits per heavy atom. The van der Waals surface area contributed by atoms with E-state index in [9.17, 15) is 9.18 Å². The number of hydrogen-bond donors (Lipinski definition) is 1. The van der Waals surface area contributed by atoms with Gasteiger partial charge in [-0.25, -0.2) is 9.18 Å². The lowest BCUT2D eigenvalue weighted by atomic mass is 9.91. The lowest BCUT2D eigenvalue weighted by Crippen LogP contribution is -2.41. The van der Waals surface area contributed by atoms with Crippen molar-refractivity contribution in [1.82, 2.24) is 0 Å². The molecule has 3 nitrogen and oxygen atoms in total. The summed E-state index contributed by atoms with van der Waals surface area (Å²) in [5, 5.41) is 3.71. The first-order valence-electron chi connectivity index (χ1n) is 6.34. The van der Waals surface area contributed by atoms with Crippen LogP contribution in [0.5, 0.6) is 0 Å². The van der Waals surface area contributed by atoms with Gasteiger partial charge >= 0.3 is 5.97 Å². The van der Waals surface area contributed by atoms with Gasteiger partial charge in [0, 0.05) is 10.7 Å². The number of benzene rings is 2. The van der Waals surface area contributed by atoms with Crippen LogP contribution in [0.15, 0.2) is 48.5 Å². The fourth-order valence-electron chi connectivity index (χ4n) is 2.05. The maximum absolute atomic E-state index is 13.1. The summed E-state index contributed by atoms with van der Waals surface area (Å²) in [7, 11) is 1.31. The fourth-order valence-corrected chi connectivity index (χ4v) is 2.18. The Morgan fingerprint density at radius 1 is 1.14 bits per heavy atom. The molecule has 0 amide bonds. The quantitative estimate of drug-likeness (QED) is 0.868. The van der Waals surface area contributed by atoms with E-state index in [1.54, 1.807) is 43.3 Å². The average Bonchev–Trinajstić information content (AvgIpc) is 2.49. The molecular formula is C16H15ClFNO2. The Kier molecular flexibility index (Phi) is 4.48. The van der Waals surface area contributed by atoms with Gasteiger partial charge in [-0.1, -0.05) is 23.7 Å². The minimum atomic E-state index is -1.13. The summed E-state index contributed by atoms with van der Waals surface area (Å²) in [5.41, 5.74) is 0.179. The molecule has 0 aliphatic heterocycles. The van der Waals surface area contributed by atoms with Gasteiger partial charge in [0.25, 0.3) is 0 Å². The van der Waals surface area contributed by atoms with Crippen molar-refractivity contribution in [2.75, 3.05) is 12.4 Å². The van der Waals surface area contributed by atoms with E-state index in [-0.39, 0.29) is 5.82 Å². The molecule has 0 aromatic heterocycles. The Morgan fingerprint density at radius 3 is 2.24 bits per heavy atom. The summed E-state index contributed by atoms with van der Waals surface area (Å²) >= 11 is 5.85. The standard InChI is InChI=1S/C16H15ClFNO2/c1-16(15(20)21-2,11-3-7-13(18)8-4-11)19-14-9-5-12(17)6-10-14/h3-10,19H,1-2H3. The molecule has 1 unspecified atom stereocenters. The smallest absolute Gasteiger partial charge is 0.335 e. The highest BCUT2D eigenvalue weighted by atomic mass is 35.5. The Balaban J connectivity index is 2.39. The average molecular weight is 308 g/mol. The van der Waals surface area contributed by atoms with E-state index in [0.29, 0.717) is 16.3 Å². The van der Waals surface area contributed by atoms with Crippen LogP contribution in [-0.2, 0) is 15.1 Å². The minimum Gasteiger partial charge on any atom is -0.467 e. The molecule has 21 heavy (non-hydrogen) atoms. The van der Waals surface area contributed by atoms with Crippen LogP contribution in [0.3, 0.4) is 0 Å². The van der Waals surface area contributed by atoms with E-state index in [0.717, 1.165) is 0 Å². The lowest BCUT2D eigenvalue weighted by molar-refractivity contribution is -0.145. The van der Waals surface area contributed by atoms with Gasteiger partial charge in [0.2, 0.25) is 0 Å². The molecule has 1 N–H and O–H groups in total. The van der Waals surface area contributed by atoms with Crippen LogP contribution in [0.2, 0.25) is 5.02 Å². The monoisotopic (exact) mass is 307 g/mol. The molecule has 0 spiro atoms. The van der Waals surface area contributed by atoms with Gasteiger partial charge in [0.1, 0.15) is 5.82 Å². The highest BCUT2D eigenvalue weighted by molar-refractivity contribution is 6.30. The number of anilines is 1. The number of rotatable bonds is 4. The first-order valence-corrected chi connectivity index (χ1v) is 6.72. The van der Waals surface area contributed by atoms with Crippen LogP contribution in [0, 0.1) is 5.82 Å². The predicted octanol–water partition coefficient (Wildman–Crippen LogP) is 3.98. The predicted molar refractivity (Wildman–Crippen MR) is 80.8 cm³/mol. The molecule has 2 rings (SSSR count). The molecule has 0 fully saturated rings. The first-order chi connectivity index (χ1) is 9.95. The number of ether oxygens (including phenoxy) is 1. The number of esters is 1. The molecule has 1 atom stereocenters. The number of carbonyl (C=O) groups excluding carboxylic acids is 1. The zero-order chi connectivity index (χ0) is 15.5. The second-order valence-corrected chi connectivity index (χ2v) is 5.19. The minimum absolute atomic E-state index is 0.363. The van der Waals surface area contributed by atoms with Crippen LogP contribution < -0.4 is 5.32 Å². The summed E-state index contributed by atoms with van der Waals surface area (Å²) < 4.78 is 18.0. The van der Waals surface area contributed by atoms with Crippen molar-refractivity contribution in [3.8, 4) is 0 Å². The normalized spacial score (nSPS) is 13.3. The summed E-state index contributed by atoms with van der Waals surface area (Å²) in [6, 6.07) is 12.7. The van der Waals surface area contributed by atoms with Crippen molar-refractivity contribution < 1.29 is 13.9 Å². The third-order valence-corrected chi connectivity index (χ3v) is 3.51. The highest BCUT2D eigenvalue weighted by Gasteiger charge is 2.36. The van der Waals surface area contributed by atoms with E-state index >= 15 is 0 Å². The summed E-state index contributed by atoms with van der Waals surface area (Å²) in [5.74, 6) is -0.832. The van der Waals surface area contributed by atoms with E-state index in [1.807, 2.05) is 0 Å². The van der Waals surface area contributed by atoms with Crippen molar-refractivity contribution >= 4 is 23.3 Å². The van der Waals surface area contributed by atoms with E-state index in [4.69, 9.17) is 16.3 Å². The van der Waals surface area contributed by atoms with Crippen molar-refractivity contribution in [1.29, 1.82) is 0 Å². The number of halogens is 2. The third-order valence-electron chi connectivity index (χ3n) is 3.25. The van der Waals surface area contributed by atoms with Crippen molar-refractivity contribution in [2.45, 2.75) is 12.5 Å². The zero-order valence-electron chi connectivity index (χ0n) is 11.7. The number of hydrogen-bond acceptors (Lipinski definition) is 3. The molecule has 0 saturated carbocycles. The Bertz CT molecular complexity index is 628. The van der Waals surface area contributed by atoms with Crippen molar-refractivity contribution in [2.24, 2.45) is 0 Å². The third kappa shape index (κ3) is 3.34. The second kappa shape index (κ2) is 6.14. The van der Waals surface area contributed by atoms with Crippen molar-refractivity contribution in [3.05, 3.63) is 64.9 Å². The molecule has 0 aliphatic rings. The molecule has 0 heterocycles. The topological polar surface area (TPSA) is 38.3 Å². The Hall–Kier alpha value is -2.07. The molecular weight excluding hydrogens is 293 g/mol. The number of nitrogens with one attached hydrogen (secondary N) is 1. The van der Waals surface area contributed by atoms with E-state index in [1.165, 1.54) is 19.2 Å². The maximum Gasteiger partial charge on any atom is 0.335 e. The molecule has 110 valence electrons. The lowest BCUT2D eigenvalue weighted by Gasteiger charge is -2.29. The van der Waals surface area contributed by atoms with E-state index < -0.39 is 11.5 Å².